The number of aromatic nitrogens is 2. The van der Waals surface area contributed by atoms with Gasteiger partial charge in [-0.15, -0.1) is 24.0 Å². The third-order valence-corrected chi connectivity index (χ3v) is 4.91. The molecule has 6 nitrogen and oxygen atoms in total. The third-order valence-electron chi connectivity index (χ3n) is 4.91. The summed E-state index contributed by atoms with van der Waals surface area (Å²) in [5.74, 6) is 2.98. The van der Waals surface area contributed by atoms with E-state index in [1.54, 1.807) is 14.2 Å². The Kier molecular flexibility index (Phi) is 9.66. The number of benzene rings is 2. The Morgan fingerprint density at radius 3 is 2.50 bits per heavy atom. The summed E-state index contributed by atoms with van der Waals surface area (Å²) in [6.45, 7) is 3.65. The van der Waals surface area contributed by atoms with E-state index in [1.165, 1.54) is 5.56 Å². The van der Waals surface area contributed by atoms with E-state index in [-0.39, 0.29) is 24.0 Å². The van der Waals surface area contributed by atoms with Crippen molar-refractivity contribution < 1.29 is 4.74 Å². The monoisotopic (exact) mass is 519 g/mol. The highest BCUT2D eigenvalue weighted by Gasteiger charge is 2.07. The molecule has 0 aliphatic carbocycles. The minimum absolute atomic E-state index is 0. The van der Waals surface area contributed by atoms with Crippen LogP contribution in [0.4, 0.5) is 0 Å². The molecule has 0 aliphatic rings. The smallest absolute Gasteiger partial charge is 0.191 e. The number of rotatable bonds is 8. The minimum Gasteiger partial charge on any atom is -0.497 e. The van der Waals surface area contributed by atoms with Crippen LogP contribution in [0.2, 0.25) is 0 Å². The van der Waals surface area contributed by atoms with Crippen LogP contribution in [0.1, 0.15) is 30.7 Å². The van der Waals surface area contributed by atoms with Gasteiger partial charge in [0.2, 0.25) is 0 Å². The molecule has 1 unspecified atom stereocenters. The molecule has 0 aliphatic heterocycles. The van der Waals surface area contributed by atoms with Crippen molar-refractivity contribution in [1.82, 2.24) is 20.6 Å². The molecule has 3 aromatic rings. The summed E-state index contributed by atoms with van der Waals surface area (Å²) in [7, 11) is 3.46. The molecule has 0 fully saturated rings. The molecule has 3 N–H and O–H groups in total. The van der Waals surface area contributed by atoms with Gasteiger partial charge in [0.25, 0.3) is 0 Å². The van der Waals surface area contributed by atoms with Crippen molar-refractivity contribution >= 4 is 29.9 Å². The molecule has 0 saturated carbocycles. The number of hydrogen-bond donors (Lipinski definition) is 3. The highest BCUT2D eigenvalue weighted by Crippen LogP contribution is 2.21. The van der Waals surface area contributed by atoms with Gasteiger partial charge in [0.05, 0.1) is 25.5 Å². The van der Waals surface area contributed by atoms with E-state index in [1.807, 2.05) is 36.5 Å². The summed E-state index contributed by atoms with van der Waals surface area (Å²) < 4.78 is 5.22. The molecule has 0 bridgehead atoms. The van der Waals surface area contributed by atoms with E-state index < -0.39 is 0 Å². The van der Waals surface area contributed by atoms with Crippen molar-refractivity contribution in [2.45, 2.75) is 25.8 Å². The zero-order chi connectivity index (χ0) is 20.5. The summed E-state index contributed by atoms with van der Waals surface area (Å²) in [6, 6.07) is 18.4. The van der Waals surface area contributed by atoms with Crippen molar-refractivity contribution in [3.63, 3.8) is 0 Å². The summed E-state index contributed by atoms with van der Waals surface area (Å²) >= 11 is 0. The second kappa shape index (κ2) is 12.2. The molecule has 0 amide bonds. The minimum atomic E-state index is 0. The second-order valence-electron chi connectivity index (χ2n) is 6.93. The van der Waals surface area contributed by atoms with Gasteiger partial charge in [-0.05, 0) is 35.6 Å². The molecule has 1 heterocycles. The molecule has 0 saturated heterocycles. The zero-order valence-electron chi connectivity index (χ0n) is 17.7. The van der Waals surface area contributed by atoms with Gasteiger partial charge in [0, 0.05) is 13.6 Å². The number of aromatic amines is 1. The first kappa shape index (κ1) is 23.7. The van der Waals surface area contributed by atoms with Gasteiger partial charge in [-0.3, -0.25) is 4.99 Å². The normalized spacial score (nSPS) is 12.0. The Hall–Kier alpha value is -2.55. The van der Waals surface area contributed by atoms with Crippen LogP contribution in [0.15, 0.2) is 65.8 Å². The van der Waals surface area contributed by atoms with Crippen molar-refractivity contribution in [1.29, 1.82) is 0 Å². The number of ether oxygens (including phenoxy) is 1. The first-order chi connectivity index (χ1) is 14.2. The highest BCUT2D eigenvalue weighted by molar-refractivity contribution is 14.0. The number of imidazole rings is 1. The fraction of sp³-hybridized carbons (Fsp3) is 0.304. The van der Waals surface area contributed by atoms with Crippen LogP contribution in [0, 0.1) is 0 Å². The van der Waals surface area contributed by atoms with Crippen molar-refractivity contribution in [3.05, 3.63) is 72.2 Å². The molecule has 3 rings (SSSR count). The number of halogens is 1. The van der Waals surface area contributed by atoms with Gasteiger partial charge >= 0.3 is 0 Å². The van der Waals surface area contributed by atoms with Crippen molar-refractivity contribution in [2.24, 2.45) is 4.99 Å². The highest BCUT2D eigenvalue weighted by atomic mass is 127. The maximum Gasteiger partial charge on any atom is 0.191 e. The van der Waals surface area contributed by atoms with Crippen LogP contribution in [0.5, 0.6) is 5.75 Å². The van der Waals surface area contributed by atoms with E-state index in [9.17, 15) is 0 Å². The molecule has 1 atom stereocenters. The molecule has 0 spiro atoms. The van der Waals surface area contributed by atoms with Gasteiger partial charge in [-0.25, -0.2) is 4.98 Å². The Balaban J connectivity index is 0.00000320. The van der Waals surface area contributed by atoms with Crippen LogP contribution in [0.25, 0.3) is 11.3 Å². The quantitative estimate of drug-likeness (QED) is 0.232. The summed E-state index contributed by atoms with van der Waals surface area (Å²) in [5.41, 5.74) is 3.44. The lowest BCUT2D eigenvalue weighted by molar-refractivity contribution is 0.414. The lowest BCUT2D eigenvalue weighted by Gasteiger charge is -2.15. The van der Waals surface area contributed by atoms with Crippen molar-refractivity contribution in [3.8, 4) is 17.0 Å². The maximum atomic E-state index is 5.22. The summed E-state index contributed by atoms with van der Waals surface area (Å²) in [6.07, 6.45) is 2.87. The van der Waals surface area contributed by atoms with E-state index in [4.69, 9.17) is 4.74 Å². The Morgan fingerprint density at radius 1 is 1.10 bits per heavy atom. The van der Waals surface area contributed by atoms with Crippen molar-refractivity contribution in [2.75, 3.05) is 20.7 Å². The Labute approximate surface area is 195 Å². The maximum absolute atomic E-state index is 5.22. The first-order valence-electron chi connectivity index (χ1n) is 9.87. The lowest BCUT2D eigenvalue weighted by Crippen LogP contribution is -2.37. The average molecular weight is 519 g/mol. The second-order valence-corrected chi connectivity index (χ2v) is 6.93. The number of aliphatic imine (C=N–C) groups is 1. The molecular weight excluding hydrogens is 489 g/mol. The Bertz CT molecular complexity index is 909. The molecule has 160 valence electrons. The zero-order valence-corrected chi connectivity index (χ0v) is 20.0. The van der Waals surface area contributed by atoms with Crippen LogP contribution in [-0.2, 0) is 6.54 Å². The summed E-state index contributed by atoms with van der Waals surface area (Å²) in [4.78, 5) is 12.1. The van der Waals surface area contributed by atoms with Crippen LogP contribution in [-0.4, -0.2) is 36.6 Å². The van der Waals surface area contributed by atoms with Gasteiger partial charge in [-0.1, -0.05) is 49.4 Å². The van der Waals surface area contributed by atoms with E-state index in [0.29, 0.717) is 12.5 Å². The van der Waals surface area contributed by atoms with Crippen LogP contribution >= 0.6 is 24.0 Å². The number of guanidine groups is 1. The third kappa shape index (κ3) is 6.76. The molecule has 1 aromatic heterocycles. The fourth-order valence-corrected chi connectivity index (χ4v) is 3.11. The molecule has 7 heteroatoms. The number of hydrogen-bond acceptors (Lipinski definition) is 3. The first-order valence-corrected chi connectivity index (χ1v) is 9.87. The largest absolute Gasteiger partial charge is 0.497 e. The molecular formula is C23H30IN5O. The predicted octanol–water partition coefficient (Wildman–Crippen LogP) is 4.56. The molecule has 2 aromatic carbocycles. The van der Waals surface area contributed by atoms with E-state index >= 15 is 0 Å². The van der Waals surface area contributed by atoms with Gasteiger partial charge in [0.1, 0.15) is 11.6 Å². The van der Waals surface area contributed by atoms with Crippen LogP contribution in [0.3, 0.4) is 0 Å². The topological polar surface area (TPSA) is 74.3 Å². The van der Waals surface area contributed by atoms with Crippen LogP contribution < -0.4 is 15.4 Å². The van der Waals surface area contributed by atoms with Gasteiger partial charge < -0.3 is 20.4 Å². The number of nitrogens with zero attached hydrogens (tertiary/aromatic N) is 2. The standard InChI is InChI=1S/C23H29N5O.HI/c1-17(18-9-11-20(29-3)12-10-18)13-14-25-23(24-2)27-16-22-26-15-21(28-22)19-7-5-4-6-8-19;/h4-12,15,17H,13-14,16H2,1-3H3,(H,26,28)(H2,24,25,27);1H. The SMILES string of the molecule is CN=C(NCCC(C)c1ccc(OC)cc1)NCc1ncc(-c2ccccc2)[nH]1.I. The number of H-pyrrole nitrogens is 1. The predicted molar refractivity (Wildman–Crippen MR) is 134 cm³/mol. The van der Waals surface area contributed by atoms with Gasteiger partial charge in [0.15, 0.2) is 5.96 Å². The Morgan fingerprint density at radius 2 is 1.83 bits per heavy atom. The van der Waals surface area contributed by atoms with E-state index in [2.05, 4.69) is 56.8 Å². The fourth-order valence-electron chi connectivity index (χ4n) is 3.11. The summed E-state index contributed by atoms with van der Waals surface area (Å²) in [5, 5.41) is 6.68. The average Bonchev–Trinajstić information content (AvgIpc) is 3.25. The van der Waals surface area contributed by atoms with Gasteiger partial charge in [-0.2, -0.15) is 0 Å². The van der Waals surface area contributed by atoms with E-state index in [0.717, 1.165) is 41.8 Å². The number of nitrogens with one attached hydrogen (secondary N) is 3. The molecule has 30 heavy (non-hydrogen) atoms. The lowest BCUT2D eigenvalue weighted by atomic mass is 9.98. The molecule has 0 radical (unpaired) electrons. The number of methoxy groups -OCH3 is 1.